The summed E-state index contributed by atoms with van der Waals surface area (Å²) in [5, 5.41) is 0.835. The van der Waals surface area contributed by atoms with Gasteiger partial charge in [-0.15, -0.1) is 0 Å². The van der Waals surface area contributed by atoms with Crippen LogP contribution in [0.4, 0.5) is 4.39 Å². The summed E-state index contributed by atoms with van der Waals surface area (Å²) in [5.74, 6) is -0.343. The predicted molar refractivity (Wildman–Crippen MR) is 93.5 cm³/mol. The number of aromatic amines is 1. The Bertz CT molecular complexity index is 969. The van der Waals surface area contributed by atoms with E-state index in [2.05, 4.69) is 4.98 Å². The van der Waals surface area contributed by atoms with Crippen LogP contribution in [0.1, 0.15) is 26.6 Å². The van der Waals surface area contributed by atoms with Crippen molar-refractivity contribution < 1.29 is 18.4 Å². The maximum Gasteiger partial charge on any atom is 0.289 e. The molecular formula is C19H18FN3O3. The fraction of sp³-hybridized carbons (Fsp3) is 0.263. The molecule has 3 heterocycles. The molecule has 0 spiro atoms. The van der Waals surface area contributed by atoms with Gasteiger partial charge in [-0.05, 0) is 42.8 Å². The third-order valence-electron chi connectivity index (χ3n) is 4.82. The molecule has 0 radical (unpaired) electrons. The van der Waals surface area contributed by atoms with Crippen molar-refractivity contribution in [3.8, 4) is 0 Å². The fourth-order valence-corrected chi connectivity index (χ4v) is 3.35. The lowest BCUT2D eigenvalue weighted by Crippen LogP contribution is -2.50. The number of hydrogen-bond donors (Lipinski definition) is 1. The summed E-state index contributed by atoms with van der Waals surface area (Å²) in [7, 11) is 0. The lowest BCUT2D eigenvalue weighted by atomic mass is 10.1. The minimum Gasteiger partial charge on any atom is -0.459 e. The van der Waals surface area contributed by atoms with Crippen molar-refractivity contribution in [2.45, 2.75) is 6.92 Å². The highest BCUT2D eigenvalue weighted by molar-refractivity contribution is 6.01. The van der Waals surface area contributed by atoms with Crippen molar-refractivity contribution in [1.82, 2.24) is 14.8 Å². The standard InChI is InChI=1S/C19H18FN3O3/c1-12-14-5-4-13(20)11-15(14)21-17(12)19(25)23-8-6-22(7-9-23)18(24)16-3-2-10-26-16/h2-5,10-11,21H,6-9H2,1H3. The molecule has 0 atom stereocenters. The number of carbonyl (C=O) groups is 2. The highest BCUT2D eigenvalue weighted by Gasteiger charge is 2.28. The number of halogens is 1. The normalized spacial score (nSPS) is 14.8. The first kappa shape index (κ1) is 16.4. The Hall–Kier alpha value is -3.09. The van der Waals surface area contributed by atoms with Crippen LogP contribution in [0, 0.1) is 12.7 Å². The van der Waals surface area contributed by atoms with E-state index in [9.17, 15) is 14.0 Å². The van der Waals surface area contributed by atoms with Gasteiger partial charge in [0.2, 0.25) is 0 Å². The van der Waals surface area contributed by atoms with Gasteiger partial charge in [-0.25, -0.2) is 4.39 Å². The number of carbonyl (C=O) groups excluding carboxylic acids is 2. The zero-order valence-corrected chi connectivity index (χ0v) is 14.3. The van der Waals surface area contributed by atoms with E-state index in [-0.39, 0.29) is 17.6 Å². The number of fused-ring (bicyclic) bond motifs is 1. The topological polar surface area (TPSA) is 69.6 Å². The molecule has 2 amide bonds. The second-order valence-corrected chi connectivity index (χ2v) is 6.38. The van der Waals surface area contributed by atoms with Crippen molar-refractivity contribution in [3.63, 3.8) is 0 Å². The number of H-pyrrole nitrogens is 1. The van der Waals surface area contributed by atoms with Gasteiger partial charge in [0.25, 0.3) is 11.8 Å². The Balaban J connectivity index is 1.49. The first-order valence-corrected chi connectivity index (χ1v) is 8.44. The molecule has 2 aromatic heterocycles. The smallest absolute Gasteiger partial charge is 0.289 e. The predicted octanol–water partition coefficient (Wildman–Crippen LogP) is 2.81. The third-order valence-corrected chi connectivity index (χ3v) is 4.82. The summed E-state index contributed by atoms with van der Waals surface area (Å²) < 4.78 is 18.6. The Morgan fingerprint density at radius 3 is 2.42 bits per heavy atom. The van der Waals surface area contributed by atoms with Crippen LogP contribution in [0.25, 0.3) is 10.9 Å². The highest BCUT2D eigenvalue weighted by atomic mass is 19.1. The van der Waals surface area contributed by atoms with Crippen molar-refractivity contribution in [2.75, 3.05) is 26.2 Å². The van der Waals surface area contributed by atoms with Gasteiger partial charge in [0.05, 0.1) is 6.26 Å². The summed E-state index contributed by atoms with van der Waals surface area (Å²) in [6, 6.07) is 7.75. The molecule has 1 N–H and O–H groups in total. The lowest BCUT2D eigenvalue weighted by Gasteiger charge is -2.34. The summed E-state index contributed by atoms with van der Waals surface area (Å²) >= 11 is 0. The Morgan fingerprint density at radius 1 is 1.08 bits per heavy atom. The van der Waals surface area contributed by atoms with Gasteiger partial charge in [-0.3, -0.25) is 9.59 Å². The maximum atomic E-state index is 13.4. The zero-order valence-electron chi connectivity index (χ0n) is 14.3. The van der Waals surface area contributed by atoms with E-state index < -0.39 is 0 Å². The molecule has 3 aromatic rings. The summed E-state index contributed by atoms with van der Waals surface area (Å²) in [6.45, 7) is 3.61. The lowest BCUT2D eigenvalue weighted by molar-refractivity contribution is 0.0515. The number of rotatable bonds is 2. The number of hydrogen-bond acceptors (Lipinski definition) is 3. The largest absolute Gasteiger partial charge is 0.459 e. The first-order valence-electron chi connectivity index (χ1n) is 8.44. The number of aromatic nitrogens is 1. The summed E-state index contributed by atoms with van der Waals surface area (Å²) in [6.07, 6.45) is 1.47. The first-order chi connectivity index (χ1) is 12.5. The number of nitrogens with one attached hydrogen (secondary N) is 1. The van der Waals surface area contributed by atoms with E-state index in [1.54, 1.807) is 28.0 Å². The van der Waals surface area contributed by atoms with Crippen LogP contribution in [0.5, 0.6) is 0 Å². The Morgan fingerprint density at radius 2 is 1.77 bits per heavy atom. The van der Waals surface area contributed by atoms with Crippen molar-refractivity contribution in [2.24, 2.45) is 0 Å². The molecule has 0 saturated carbocycles. The zero-order chi connectivity index (χ0) is 18.3. The van der Waals surface area contributed by atoms with E-state index in [4.69, 9.17) is 4.42 Å². The van der Waals surface area contributed by atoms with Gasteiger partial charge in [0, 0.05) is 37.1 Å². The molecule has 7 heteroatoms. The van der Waals surface area contributed by atoms with Gasteiger partial charge in [0.15, 0.2) is 5.76 Å². The molecule has 0 aliphatic carbocycles. The molecule has 26 heavy (non-hydrogen) atoms. The van der Waals surface area contributed by atoms with Crippen LogP contribution >= 0.6 is 0 Å². The second kappa shape index (κ2) is 6.33. The highest BCUT2D eigenvalue weighted by Crippen LogP contribution is 2.24. The molecule has 1 aliphatic heterocycles. The van der Waals surface area contributed by atoms with Crippen LogP contribution in [0.2, 0.25) is 0 Å². The minimum absolute atomic E-state index is 0.135. The van der Waals surface area contributed by atoms with E-state index in [0.29, 0.717) is 43.1 Å². The monoisotopic (exact) mass is 355 g/mol. The number of benzene rings is 1. The van der Waals surface area contributed by atoms with Crippen LogP contribution < -0.4 is 0 Å². The molecular weight excluding hydrogens is 337 g/mol. The average Bonchev–Trinajstić information content (AvgIpc) is 3.29. The molecule has 1 saturated heterocycles. The third kappa shape index (κ3) is 2.75. The fourth-order valence-electron chi connectivity index (χ4n) is 3.35. The quantitative estimate of drug-likeness (QED) is 0.768. The molecule has 0 unspecified atom stereocenters. The number of piperazine rings is 1. The Labute approximate surface area is 149 Å². The number of amides is 2. The molecule has 1 aromatic carbocycles. The van der Waals surface area contributed by atoms with Crippen molar-refractivity contribution in [1.29, 1.82) is 0 Å². The SMILES string of the molecule is Cc1c(C(=O)N2CCN(C(=O)c3ccco3)CC2)[nH]c2cc(F)ccc12. The van der Waals surface area contributed by atoms with Crippen molar-refractivity contribution >= 4 is 22.7 Å². The maximum absolute atomic E-state index is 13.4. The molecule has 0 bridgehead atoms. The van der Waals surface area contributed by atoms with Gasteiger partial charge in [-0.1, -0.05) is 0 Å². The number of aryl methyl sites for hydroxylation is 1. The Kier molecular flexibility index (Phi) is 3.99. The van der Waals surface area contributed by atoms with Crippen LogP contribution in [0.15, 0.2) is 41.0 Å². The van der Waals surface area contributed by atoms with E-state index in [1.807, 2.05) is 6.92 Å². The van der Waals surface area contributed by atoms with Gasteiger partial charge in [0.1, 0.15) is 11.5 Å². The van der Waals surface area contributed by atoms with E-state index in [0.717, 1.165) is 10.9 Å². The second-order valence-electron chi connectivity index (χ2n) is 6.38. The van der Waals surface area contributed by atoms with Gasteiger partial charge in [-0.2, -0.15) is 0 Å². The van der Waals surface area contributed by atoms with E-state index >= 15 is 0 Å². The van der Waals surface area contributed by atoms with Crippen LogP contribution in [-0.4, -0.2) is 52.8 Å². The van der Waals surface area contributed by atoms with E-state index in [1.165, 1.54) is 18.4 Å². The van der Waals surface area contributed by atoms with Crippen molar-refractivity contribution in [3.05, 3.63) is 59.4 Å². The molecule has 134 valence electrons. The van der Waals surface area contributed by atoms with Gasteiger partial charge < -0.3 is 19.2 Å². The molecule has 6 nitrogen and oxygen atoms in total. The number of nitrogens with zero attached hydrogens (tertiary/aromatic N) is 2. The molecule has 4 rings (SSSR count). The molecule has 1 aliphatic rings. The average molecular weight is 355 g/mol. The summed E-state index contributed by atoms with van der Waals surface area (Å²) in [4.78, 5) is 31.6. The summed E-state index contributed by atoms with van der Waals surface area (Å²) in [5.41, 5.74) is 1.88. The molecule has 1 fully saturated rings. The van der Waals surface area contributed by atoms with Crippen LogP contribution in [0.3, 0.4) is 0 Å². The van der Waals surface area contributed by atoms with Gasteiger partial charge >= 0.3 is 0 Å². The number of furan rings is 1. The minimum atomic E-state index is -0.345. The van der Waals surface area contributed by atoms with Crippen LogP contribution in [-0.2, 0) is 0 Å².